The molecule has 0 aliphatic rings. The summed E-state index contributed by atoms with van der Waals surface area (Å²) in [5.41, 5.74) is 1.28. The van der Waals surface area contributed by atoms with Crippen molar-refractivity contribution in [1.82, 2.24) is 14.4 Å². The molecule has 20 heavy (non-hydrogen) atoms. The zero-order valence-electron chi connectivity index (χ0n) is 12.6. The fourth-order valence-electron chi connectivity index (χ4n) is 1.88. The van der Waals surface area contributed by atoms with Gasteiger partial charge in [0.1, 0.15) is 0 Å². The predicted octanol–water partition coefficient (Wildman–Crippen LogP) is 2.02. The van der Waals surface area contributed by atoms with Crippen molar-refractivity contribution in [2.75, 3.05) is 34.2 Å². The molecule has 0 saturated carbocycles. The molecule has 0 radical (unpaired) electrons. The number of hydrogen-bond donors (Lipinski definition) is 0. The van der Waals surface area contributed by atoms with Gasteiger partial charge in [0.05, 0.1) is 0 Å². The minimum Gasteiger partial charge on any atom is -0.314 e. The number of nitrogens with zero attached hydrogens (tertiary/aromatic N) is 3. The molecule has 1 aromatic rings. The molecule has 0 aromatic carbocycles. The van der Waals surface area contributed by atoms with Crippen LogP contribution in [0.5, 0.6) is 0 Å². The first kappa shape index (κ1) is 17.4. The Labute approximate surface area is 135 Å². The third-order valence-corrected chi connectivity index (χ3v) is 4.10. The van der Waals surface area contributed by atoms with E-state index in [0.29, 0.717) is 0 Å². The lowest BCUT2D eigenvalue weighted by Gasteiger charge is -2.18. The Morgan fingerprint density at radius 1 is 1.35 bits per heavy atom. The Kier molecular flexibility index (Phi) is 7.47. The average Bonchev–Trinajstić information content (AvgIpc) is 2.38. The molecular formula is C15H24IN3O. The smallest absolute Gasteiger partial charge is 0.251 e. The Hall–Kier alpha value is -0.660. The molecule has 1 heterocycles. The molecule has 0 bridgehead atoms. The summed E-state index contributed by atoms with van der Waals surface area (Å²) in [5.74, 6) is 0. The van der Waals surface area contributed by atoms with E-state index < -0.39 is 0 Å². The highest BCUT2D eigenvalue weighted by Crippen LogP contribution is 2.12. The third kappa shape index (κ3) is 5.76. The standard InChI is InChI=1S/C15H24IN3O/c1-5-6-7-18(4)11-13-12-19(9-8-17(2)3)15(20)10-14(13)16/h5,10,12H,1,6-9,11H2,2-4H3. The molecule has 0 unspecified atom stereocenters. The van der Waals surface area contributed by atoms with Crippen molar-refractivity contribution in [3.8, 4) is 0 Å². The maximum absolute atomic E-state index is 12.0. The summed E-state index contributed by atoms with van der Waals surface area (Å²) in [6.45, 7) is 7.18. The highest BCUT2D eigenvalue weighted by atomic mass is 127. The van der Waals surface area contributed by atoms with E-state index in [2.05, 4.69) is 46.0 Å². The van der Waals surface area contributed by atoms with Gasteiger partial charge in [0.25, 0.3) is 5.56 Å². The zero-order valence-corrected chi connectivity index (χ0v) is 14.8. The van der Waals surface area contributed by atoms with Crippen molar-refractivity contribution < 1.29 is 0 Å². The van der Waals surface area contributed by atoms with Crippen LogP contribution in [-0.2, 0) is 13.1 Å². The van der Waals surface area contributed by atoms with Crippen molar-refractivity contribution >= 4 is 22.6 Å². The Balaban J connectivity index is 2.82. The number of aromatic nitrogens is 1. The fourth-order valence-corrected chi connectivity index (χ4v) is 2.45. The first-order chi connectivity index (χ1) is 9.43. The van der Waals surface area contributed by atoms with E-state index in [1.54, 1.807) is 10.6 Å². The molecule has 0 aliphatic heterocycles. The number of hydrogen-bond acceptors (Lipinski definition) is 3. The molecule has 4 nitrogen and oxygen atoms in total. The first-order valence-electron chi connectivity index (χ1n) is 6.77. The van der Waals surface area contributed by atoms with Crippen LogP contribution in [0.4, 0.5) is 0 Å². The molecule has 0 atom stereocenters. The van der Waals surface area contributed by atoms with Gasteiger partial charge in [-0.05, 0) is 55.7 Å². The number of likely N-dealkylation sites (N-methyl/N-ethyl adjacent to an activating group) is 1. The molecule has 0 saturated heterocycles. The molecule has 0 spiro atoms. The lowest BCUT2D eigenvalue weighted by atomic mass is 10.2. The van der Waals surface area contributed by atoms with E-state index in [4.69, 9.17) is 0 Å². The quantitative estimate of drug-likeness (QED) is 0.503. The lowest BCUT2D eigenvalue weighted by Crippen LogP contribution is -2.28. The van der Waals surface area contributed by atoms with Crippen LogP contribution in [0.2, 0.25) is 0 Å². The molecule has 0 amide bonds. The van der Waals surface area contributed by atoms with Gasteiger partial charge in [0.15, 0.2) is 0 Å². The molecular weight excluding hydrogens is 365 g/mol. The summed E-state index contributed by atoms with van der Waals surface area (Å²) in [7, 11) is 6.12. The molecule has 1 rings (SSSR count). The Morgan fingerprint density at radius 3 is 2.65 bits per heavy atom. The topological polar surface area (TPSA) is 28.5 Å². The normalized spacial score (nSPS) is 11.3. The minimum absolute atomic E-state index is 0.0775. The lowest BCUT2D eigenvalue weighted by molar-refractivity contribution is 0.330. The van der Waals surface area contributed by atoms with Gasteiger partial charge in [-0.3, -0.25) is 4.79 Å². The molecule has 0 N–H and O–H groups in total. The molecule has 0 fully saturated rings. The number of pyridine rings is 1. The second kappa shape index (κ2) is 8.59. The molecule has 1 aromatic heterocycles. The van der Waals surface area contributed by atoms with Crippen LogP contribution in [-0.4, -0.2) is 48.6 Å². The van der Waals surface area contributed by atoms with Crippen LogP contribution in [0.1, 0.15) is 12.0 Å². The zero-order chi connectivity index (χ0) is 15.1. The highest BCUT2D eigenvalue weighted by Gasteiger charge is 2.07. The Morgan fingerprint density at radius 2 is 2.05 bits per heavy atom. The summed E-state index contributed by atoms with van der Waals surface area (Å²) < 4.78 is 2.85. The molecule has 0 aliphatic carbocycles. The van der Waals surface area contributed by atoms with Crippen molar-refractivity contribution in [1.29, 1.82) is 0 Å². The molecule has 5 heteroatoms. The monoisotopic (exact) mass is 389 g/mol. The van der Waals surface area contributed by atoms with Crippen LogP contribution in [0.25, 0.3) is 0 Å². The SMILES string of the molecule is C=CCCN(C)Cc1cn(CCN(C)C)c(=O)cc1I. The highest BCUT2D eigenvalue weighted by molar-refractivity contribution is 14.1. The van der Waals surface area contributed by atoms with Crippen molar-refractivity contribution in [3.63, 3.8) is 0 Å². The summed E-state index contributed by atoms with van der Waals surface area (Å²) >= 11 is 2.24. The van der Waals surface area contributed by atoms with Gasteiger partial charge in [-0.1, -0.05) is 6.08 Å². The van der Waals surface area contributed by atoms with Crippen LogP contribution in [0, 0.1) is 3.57 Å². The van der Waals surface area contributed by atoms with Crippen LogP contribution >= 0.6 is 22.6 Å². The third-order valence-electron chi connectivity index (χ3n) is 3.10. The van der Waals surface area contributed by atoms with E-state index in [-0.39, 0.29) is 5.56 Å². The van der Waals surface area contributed by atoms with Gasteiger partial charge in [0, 0.05) is 42.0 Å². The molecule has 112 valence electrons. The van der Waals surface area contributed by atoms with Crippen molar-refractivity contribution in [2.24, 2.45) is 0 Å². The van der Waals surface area contributed by atoms with E-state index in [9.17, 15) is 4.79 Å². The summed E-state index contributed by atoms with van der Waals surface area (Å²) in [5, 5.41) is 0. The van der Waals surface area contributed by atoms with Gasteiger partial charge in [-0.15, -0.1) is 6.58 Å². The first-order valence-corrected chi connectivity index (χ1v) is 7.85. The van der Waals surface area contributed by atoms with E-state index in [0.717, 1.165) is 36.2 Å². The van der Waals surface area contributed by atoms with Gasteiger partial charge >= 0.3 is 0 Å². The maximum atomic E-state index is 12.0. The number of halogens is 1. The van der Waals surface area contributed by atoms with E-state index >= 15 is 0 Å². The van der Waals surface area contributed by atoms with Gasteiger partial charge in [-0.25, -0.2) is 0 Å². The van der Waals surface area contributed by atoms with E-state index in [1.807, 2.05) is 26.4 Å². The van der Waals surface area contributed by atoms with Crippen LogP contribution in [0.15, 0.2) is 29.7 Å². The van der Waals surface area contributed by atoms with Crippen molar-refractivity contribution in [2.45, 2.75) is 19.5 Å². The fraction of sp³-hybridized carbons (Fsp3) is 0.533. The second-order valence-corrected chi connectivity index (χ2v) is 6.46. The second-order valence-electron chi connectivity index (χ2n) is 5.30. The van der Waals surface area contributed by atoms with Gasteiger partial charge < -0.3 is 14.4 Å². The predicted molar refractivity (Wildman–Crippen MR) is 93.1 cm³/mol. The van der Waals surface area contributed by atoms with Crippen LogP contribution < -0.4 is 5.56 Å². The van der Waals surface area contributed by atoms with Gasteiger partial charge in [0.2, 0.25) is 0 Å². The number of rotatable bonds is 8. The van der Waals surface area contributed by atoms with Crippen molar-refractivity contribution in [3.05, 3.63) is 44.4 Å². The van der Waals surface area contributed by atoms with Crippen LogP contribution in [0.3, 0.4) is 0 Å². The summed E-state index contributed by atoms with van der Waals surface area (Å²) in [6, 6.07) is 1.73. The Bertz CT molecular complexity index is 496. The maximum Gasteiger partial charge on any atom is 0.251 e. The minimum atomic E-state index is 0.0775. The van der Waals surface area contributed by atoms with Gasteiger partial charge in [-0.2, -0.15) is 0 Å². The van der Waals surface area contributed by atoms with E-state index in [1.165, 1.54) is 5.56 Å². The summed E-state index contributed by atoms with van der Waals surface area (Å²) in [6.07, 6.45) is 4.91. The largest absolute Gasteiger partial charge is 0.314 e. The average molecular weight is 389 g/mol. The summed E-state index contributed by atoms with van der Waals surface area (Å²) in [4.78, 5) is 16.3.